The van der Waals surface area contributed by atoms with E-state index in [1.54, 1.807) is 17.0 Å². The highest BCUT2D eigenvalue weighted by atomic mass is 19.1. The van der Waals surface area contributed by atoms with Gasteiger partial charge in [-0.15, -0.1) is 5.10 Å². The normalized spacial score (nSPS) is 12.6. The number of nitrogens with one attached hydrogen (secondary N) is 1. The van der Waals surface area contributed by atoms with Gasteiger partial charge in [-0.2, -0.15) is 0 Å². The van der Waals surface area contributed by atoms with Crippen LogP contribution in [0, 0.1) is 5.82 Å². The van der Waals surface area contributed by atoms with E-state index in [9.17, 15) is 18.8 Å². The van der Waals surface area contributed by atoms with Crippen LogP contribution in [0.1, 0.15) is 5.56 Å². The van der Waals surface area contributed by atoms with Gasteiger partial charge in [0.05, 0.1) is 0 Å². The molecule has 1 N–H and O–H groups in total. The summed E-state index contributed by atoms with van der Waals surface area (Å²) in [7, 11) is 0. The van der Waals surface area contributed by atoms with Crippen LogP contribution in [0.3, 0.4) is 0 Å². The maximum atomic E-state index is 13.2. The zero-order valence-corrected chi connectivity index (χ0v) is 16.1. The molecule has 1 aromatic heterocycles. The van der Waals surface area contributed by atoms with Crippen LogP contribution >= 0.6 is 0 Å². The number of amides is 1. The summed E-state index contributed by atoms with van der Waals surface area (Å²) >= 11 is 0. The predicted octanol–water partition coefficient (Wildman–Crippen LogP) is 1.05. The van der Waals surface area contributed by atoms with E-state index in [-0.39, 0.29) is 24.9 Å². The Morgan fingerprint density at radius 2 is 1.73 bits per heavy atom. The van der Waals surface area contributed by atoms with Crippen molar-refractivity contribution in [2.75, 3.05) is 18.0 Å². The fourth-order valence-corrected chi connectivity index (χ4v) is 3.38. The summed E-state index contributed by atoms with van der Waals surface area (Å²) in [5.41, 5.74) is 0.144. The molecular weight excluding hydrogens is 389 g/mol. The molecule has 0 aliphatic carbocycles. The second kappa shape index (κ2) is 8.32. The Bertz CT molecular complexity index is 1170. The fourth-order valence-electron chi connectivity index (χ4n) is 3.38. The molecule has 0 radical (unpaired) electrons. The van der Waals surface area contributed by atoms with Crippen molar-refractivity contribution in [1.29, 1.82) is 0 Å². The van der Waals surface area contributed by atoms with Crippen LogP contribution in [0.2, 0.25) is 0 Å². The van der Waals surface area contributed by atoms with Gasteiger partial charge in [0.25, 0.3) is 0 Å². The first-order valence-electron chi connectivity index (χ1n) is 9.58. The molecule has 1 aliphatic rings. The Balaban J connectivity index is 1.50. The molecule has 30 heavy (non-hydrogen) atoms. The van der Waals surface area contributed by atoms with Crippen molar-refractivity contribution >= 4 is 17.5 Å². The molecule has 0 atom stereocenters. The van der Waals surface area contributed by atoms with Gasteiger partial charge in [0.15, 0.2) is 0 Å². The molecule has 0 fully saturated rings. The first-order chi connectivity index (χ1) is 14.5. The maximum Gasteiger partial charge on any atom is 0.333 e. The zero-order valence-electron chi connectivity index (χ0n) is 16.1. The number of hydrogen-bond donors (Lipinski definition) is 1. The summed E-state index contributed by atoms with van der Waals surface area (Å²) in [4.78, 5) is 38.8. The topological polar surface area (TPSA) is 89.2 Å². The first kappa shape index (κ1) is 19.6. The van der Waals surface area contributed by atoms with Gasteiger partial charge in [0.2, 0.25) is 11.9 Å². The molecular formula is C21H20FN5O3. The molecule has 8 nitrogen and oxygen atoms in total. The van der Waals surface area contributed by atoms with E-state index >= 15 is 0 Å². The van der Waals surface area contributed by atoms with Gasteiger partial charge < -0.3 is 10.2 Å². The smallest absolute Gasteiger partial charge is 0.333 e. The van der Waals surface area contributed by atoms with E-state index in [4.69, 9.17) is 0 Å². The van der Waals surface area contributed by atoms with Crippen LogP contribution in [0.4, 0.5) is 16.0 Å². The van der Waals surface area contributed by atoms with Crippen molar-refractivity contribution < 1.29 is 9.18 Å². The SMILES string of the molecule is O=C(Cn1nc2n(c(=O)c1=O)CCN2c1ccc(F)cc1)NCCc1ccccc1. The van der Waals surface area contributed by atoms with Crippen LogP contribution in [-0.4, -0.2) is 33.3 Å². The van der Waals surface area contributed by atoms with Crippen molar-refractivity contribution in [3.63, 3.8) is 0 Å². The van der Waals surface area contributed by atoms with E-state index < -0.39 is 17.0 Å². The molecule has 0 bridgehead atoms. The Morgan fingerprint density at radius 1 is 1.00 bits per heavy atom. The number of carbonyl (C=O) groups is 1. The number of halogens is 1. The monoisotopic (exact) mass is 409 g/mol. The van der Waals surface area contributed by atoms with Crippen LogP contribution in [-0.2, 0) is 24.3 Å². The van der Waals surface area contributed by atoms with Crippen molar-refractivity contribution in [1.82, 2.24) is 19.7 Å². The molecule has 3 aromatic rings. The summed E-state index contributed by atoms with van der Waals surface area (Å²) < 4.78 is 15.4. The van der Waals surface area contributed by atoms with Gasteiger partial charge in [0.1, 0.15) is 12.4 Å². The highest BCUT2D eigenvalue weighted by Gasteiger charge is 2.26. The third kappa shape index (κ3) is 4.00. The number of anilines is 2. The number of rotatable bonds is 6. The molecule has 1 aliphatic heterocycles. The minimum atomic E-state index is -0.849. The van der Waals surface area contributed by atoms with Gasteiger partial charge >= 0.3 is 11.1 Å². The van der Waals surface area contributed by atoms with Crippen LogP contribution in [0.15, 0.2) is 64.2 Å². The van der Waals surface area contributed by atoms with Gasteiger partial charge in [-0.05, 0) is 36.2 Å². The number of carbonyl (C=O) groups excluding carboxylic acids is 1. The second-order valence-electron chi connectivity index (χ2n) is 6.93. The maximum absolute atomic E-state index is 13.2. The lowest BCUT2D eigenvalue weighted by Gasteiger charge is -2.17. The first-order valence-corrected chi connectivity index (χ1v) is 9.58. The van der Waals surface area contributed by atoms with E-state index in [0.717, 1.165) is 10.2 Å². The lowest BCUT2D eigenvalue weighted by atomic mass is 10.1. The van der Waals surface area contributed by atoms with E-state index in [0.29, 0.717) is 25.2 Å². The van der Waals surface area contributed by atoms with Gasteiger partial charge in [-0.25, -0.2) is 9.07 Å². The van der Waals surface area contributed by atoms with E-state index in [1.807, 2.05) is 30.3 Å². The van der Waals surface area contributed by atoms with Gasteiger partial charge in [0, 0.05) is 25.3 Å². The molecule has 2 aromatic carbocycles. The number of nitrogens with zero attached hydrogens (tertiary/aromatic N) is 4. The molecule has 2 heterocycles. The number of benzene rings is 2. The minimum Gasteiger partial charge on any atom is -0.354 e. The van der Waals surface area contributed by atoms with Gasteiger partial charge in [-0.1, -0.05) is 30.3 Å². The average molecular weight is 409 g/mol. The molecule has 4 rings (SSSR count). The molecule has 0 spiro atoms. The Labute approximate surface area is 171 Å². The minimum absolute atomic E-state index is 0.253. The average Bonchev–Trinajstić information content (AvgIpc) is 3.17. The molecule has 1 amide bonds. The summed E-state index contributed by atoms with van der Waals surface area (Å²) in [6.45, 7) is 0.760. The van der Waals surface area contributed by atoms with Crippen LogP contribution in [0.5, 0.6) is 0 Å². The van der Waals surface area contributed by atoms with Crippen molar-refractivity contribution in [3.05, 3.63) is 86.7 Å². The Kier molecular flexibility index (Phi) is 5.42. The van der Waals surface area contributed by atoms with Crippen molar-refractivity contribution in [3.8, 4) is 0 Å². The lowest BCUT2D eigenvalue weighted by Crippen LogP contribution is -2.45. The number of hydrogen-bond acceptors (Lipinski definition) is 5. The molecule has 9 heteroatoms. The molecule has 154 valence electrons. The number of aromatic nitrogens is 3. The van der Waals surface area contributed by atoms with E-state index in [1.165, 1.54) is 16.7 Å². The van der Waals surface area contributed by atoms with Crippen molar-refractivity contribution in [2.24, 2.45) is 0 Å². The molecule has 0 saturated carbocycles. The van der Waals surface area contributed by atoms with E-state index in [2.05, 4.69) is 10.4 Å². The molecule has 0 saturated heterocycles. The summed E-state index contributed by atoms with van der Waals surface area (Å²) in [6.07, 6.45) is 0.653. The predicted molar refractivity (Wildman–Crippen MR) is 109 cm³/mol. The Morgan fingerprint density at radius 3 is 2.47 bits per heavy atom. The summed E-state index contributed by atoms with van der Waals surface area (Å²) in [6, 6.07) is 15.5. The summed E-state index contributed by atoms with van der Waals surface area (Å²) in [5.74, 6) is -0.528. The zero-order chi connectivity index (χ0) is 21.1. The standard InChI is InChI=1S/C21H20FN5O3/c22-16-6-8-17(9-7-16)25-12-13-26-19(29)20(30)27(24-21(25)26)14-18(28)23-11-10-15-4-2-1-3-5-15/h1-9H,10-14H2,(H,23,28). The fraction of sp³-hybridized carbons (Fsp3) is 0.238. The van der Waals surface area contributed by atoms with Gasteiger partial charge in [-0.3, -0.25) is 19.0 Å². The van der Waals surface area contributed by atoms with Crippen LogP contribution in [0.25, 0.3) is 0 Å². The third-order valence-corrected chi connectivity index (χ3v) is 4.91. The second-order valence-corrected chi connectivity index (χ2v) is 6.93. The van der Waals surface area contributed by atoms with Crippen LogP contribution < -0.4 is 21.3 Å². The third-order valence-electron chi connectivity index (χ3n) is 4.91. The largest absolute Gasteiger partial charge is 0.354 e. The Hall–Kier alpha value is -3.75. The van der Waals surface area contributed by atoms with Crippen molar-refractivity contribution in [2.45, 2.75) is 19.5 Å². The highest BCUT2D eigenvalue weighted by molar-refractivity contribution is 5.75. The quantitative estimate of drug-likeness (QED) is 0.615. The highest BCUT2D eigenvalue weighted by Crippen LogP contribution is 2.26. The molecule has 0 unspecified atom stereocenters. The lowest BCUT2D eigenvalue weighted by molar-refractivity contribution is -0.121. The summed E-state index contributed by atoms with van der Waals surface area (Å²) in [5, 5.41) is 6.98. The number of fused-ring (bicyclic) bond motifs is 1.